The van der Waals surface area contributed by atoms with Gasteiger partial charge < -0.3 is 20.1 Å². The summed E-state index contributed by atoms with van der Waals surface area (Å²) < 4.78 is 9.20. The van der Waals surface area contributed by atoms with Crippen LogP contribution in [0, 0.1) is 0 Å². The van der Waals surface area contributed by atoms with Gasteiger partial charge >= 0.3 is 12.2 Å². The average Bonchev–Trinajstić information content (AvgIpc) is 2.11. The van der Waals surface area contributed by atoms with Crippen molar-refractivity contribution in [1.82, 2.24) is 0 Å². The minimum atomic E-state index is -0.902. The molecule has 8 nitrogen and oxygen atoms in total. The van der Waals surface area contributed by atoms with Crippen molar-refractivity contribution in [1.29, 1.82) is 0 Å². The van der Waals surface area contributed by atoms with Crippen LogP contribution < -0.4 is 0 Å². The number of hydrogen-bond donors (Lipinski definition) is 1. The van der Waals surface area contributed by atoms with Gasteiger partial charge in [0.15, 0.2) is 0 Å². The van der Waals surface area contributed by atoms with Crippen molar-refractivity contribution >= 4 is 12.2 Å². The van der Waals surface area contributed by atoms with Gasteiger partial charge in [-0.2, -0.15) is 0 Å². The van der Waals surface area contributed by atoms with Gasteiger partial charge in [0.05, 0.1) is 12.2 Å². The number of hydrogen-bond acceptors (Lipinski definition) is 5. The summed E-state index contributed by atoms with van der Waals surface area (Å²) in [4.78, 5) is 21.5. The maximum atomic E-state index is 10.8. The molecule has 0 unspecified atom stereocenters. The Balaban J connectivity index is -0.000000448. The molecule has 19 heavy (non-hydrogen) atoms. The van der Waals surface area contributed by atoms with E-state index in [2.05, 4.69) is 19.7 Å². The highest BCUT2D eigenvalue weighted by atomic mass is 16.6. The maximum Gasteiger partial charge on any atom is 0.452 e. The topological polar surface area (TPSA) is 129 Å². The van der Waals surface area contributed by atoms with Crippen molar-refractivity contribution in [2.24, 2.45) is 10.2 Å². The van der Waals surface area contributed by atoms with Crippen LogP contribution in [0.1, 0.15) is 41.5 Å². The van der Waals surface area contributed by atoms with E-state index in [0.29, 0.717) is 0 Å². The standard InChI is InChI=1S/C8H14N2O4.C3H8O.H2O/c1-5(2)13-7(11)9-10-8(12)14-6(3)4;1-3(2)4;/h5-6H,1-4H3;3-4H,1-2H3;1H2. The van der Waals surface area contributed by atoms with E-state index in [-0.39, 0.29) is 23.8 Å². The summed E-state index contributed by atoms with van der Waals surface area (Å²) in [6.07, 6.45) is -2.55. The van der Waals surface area contributed by atoms with Gasteiger partial charge in [0.25, 0.3) is 0 Å². The molecule has 114 valence electrons. The molecule has 0 heterocycles. The minimum Gasteiger partial charge on any atom is -0.444 e. The highest BCUT2D eigenvalue weighted by Crippen LogP contribution is 1.96. The van der Waals surface area contributed by atoms with E-state index < -0.39 is 12.2 Å². The van der Waals surface area contributed by atoms with Crippen molar-refractivity contribution in [3.63, 3.8) is 0 Å². The van der Waals surface area contributed by atoms with E-state index in [9.17, 15) is 9.59 Å². The average molecular weight is 280 g/mol. The minimum absolute atomic E-state index is 0. The third-order valence-corrected chi connectivity index (χ3v) is 0.886. The Morgan fingerprint density at radius 3 is 1.21 bits per heavy atom. The summed E-state index contributed by atoms with van der Waals surface area (Å²) in [5.41, 5.74) is 0. The molecule has 0 aliphatic carbocycles. The molecule has 0 spiro atoms. The highest BCUT2D eigenvalue weighted by Gasteiger charge is 2.06. The molecule has 0 saturated heterocycles. The quantitative estimate of drug-likeness (QED) is 0.774. The Morgan fingerprint density at radius 1 is 0.842 bits per heavy atom. The Hall–Kier alpha value is -1.54. The van der Waals surface area contributed by atoms with Crippen LogP contribution in [0.4, 0.5) is 9.59 Å². The van der Waals surface area contributed by atoms with E-state index in [1.54, 1.807) is 41.5 Å². The summed E-state index contributed by atoms with van der Waals surface area (Å²) >= 11 is 0. The number of azo groups is 1. The van der Waals surface area contributed by atoms with E-state index in [1.807, 2.05) is 0 Å². The molecular formula is C11H24N2O6. The van der Waals surface area contributed by atoms with Crippen LogP contribution in [0.3, 0.4) is 0 Å². The van der Waals surface area contributed by atoms with Gasteiger partial charge in [-0.05, 0) is 41.5 Å². The molecule has 0 aromatic heterocycles. The van der Waals surface area contributed by atoms with Crippen molar-refractivity contribution in [2.45, 2.75) is 59.9 Å². The molecule has 0 rings (SSSR count). The van der Waals surface area contributed by atoms with E-state index in [0.717, 1.165) is 0 Å². The SMILES string of the molecule is CC(C)O.CC(C)OC(=O)N=NC(=O)OC(C)C.O. The Kier molecular flexibility index (Phi) is 15.4. The number of ether oxygens (including phenoxy) is 2. The van der Waals surface area contributed by atoms with Gasteiger partial charge in [0.1, 0.15) is 0 Å². The van der Waals surface area contributed by atoms with Crippen molar-refractivity contribution in [2.75, 3.05) is 0 Å². The molecule has 0 radical (unpaired) electrons. The van der Waals surface area contributed by atoms with E-state index in [1.165, 1.54) is 0 Å². The molecule has 0 fully saturated rings. The predicted octanol–water partition coefficient (Wildman–Crippen LogP) is 2.09. The zero-order valence-corrected chi connectivity index (χ0v) is 12.2. The largest absolute Gasteiger partial charge is 0.452 e. The highest BCUT2D eigenvalue weighted by molar-refractivity contribution is 5.73. The molecule has 0 bridgehead atoms. The van der Waals surface area contributed by atoms with Crippen LogP contribution in [0.2, 0.25) is 0 Å². The van der Waals surface area contributed by atoms with Crippen LogP contribution in [-0.4, -0.2) is 41.1 Å². The molecule has 0 atom stereocenters. The summed E-state index contributed by atoms with van der Waals surface area (Å²) in [5, 5.41) is 14.1. The van der Waals surface area contributed by atoms with Gasteiger partial charge in [0.2, 0.25) is 0 Å². The number of nitrogens with zero attached hydrogens (tertiary/aromatic N) is 2. The predicted molar refractivity (Wildman–Crippen MR) is 69.1 cm³/mol. The third-order valence-electron chi connectivity index (χ3n) is 0.886. The zero-order chi connectivity index (χ0) is 14.7. The fraction of sp³-hybridized carbons (Fsp3) is 0.818. The first-order valence-corrected chi connectivity index (χ1v) is 5.66. The molecule has 0 aliphatic heterocycles. The second-order valence-electron chi connectivity index (χ2n) is 4.16. The lowest BCUT2D eigenvalue weighted by Crippen LogP contribution is -2.09. The molecule has 0 aromatic carbocycles. The van der Waals surface area contributed by atoms with Gasteiger partial charge in [-0.15, -0.1) is 0 Å². The Bertz CT molecular complexity index is 250. The molecule has 2 amide bonds. The molecular weight excluding hydrogens is 256 g/mol. The lowest BCUT2D eigenvalue weighted by Gasteiger charge is -2.03. The van der Waals surface area contributed by atoms with Gasteiger partial charge in [-0.3, -0.25) is 0 Å². The number of amides is 2. The lowest BCUT2D eigenvalue weighted by atomic mass is 10.5. The number of carbonyl (C=O) groups is 2. The van der Waals surface area contributed by atoms with Crippen molar-refractivity contribution < 1.29 is 29.6 Å². The zero-order valence-electron chi connectivity index (χ0n) is 12.2. The van der Waals surface area contributed by atoms with Crippen LogP contribution in [0.5, 0.6) is 0 Å². The van der Waals surface area contributed by atoms with Crippen LogP contribution in [0.25, 0.3) is 0 Å². The fourth-order valence-corrected chi connectivity index (χ4v) is 0.532. The van der Waals surface area contributed by atoms with Crippen LogP contribution in [0.15, 0.2) is 10.2 Å². The normalized spacial score (nSPS) is 10.0. The fourth-order valence-electron chi connectivity index (χ4n) is 0.532. The summed E-state index contributed by atoms with van der Waals surface area (Å²) in [6, 6.07) is 0. The second-order valence-corrected chi connectivity index (χ2v) is 4.16. The molecule has 3 N–H and O–H groups in total. The first-order valence-electron chi connectivity index (χ1n) is 5.66. The summed E-state index contributed by atoms with van der Waals surface area (Å²) in [6.45, 7) is 10.1. The first kappa shape index (κ1) is 22.6. The lowest BCUT2D eigenvalue weighted by molar-refractivity contribution is 0.115. The molecule has 0 aliphatic rings. The smallest absolute Gasteiger partial charge is 0.444 e. The van der Waals surface area contributed by atoms with Gasteiger partial charge in [-0.1, -0.05) is 10.2 Å². The monoisotopic (exact) mass is 280 g/mol. The van der Waals surface area contributed by atoms with Crippen molar-refractivity contribution in [3.8, 4) is 0 Å². The Labute approximate surface area is 113 Å². The first-order chi connectivity index (χ1) is 8.15. The maximum absolute atomic E-state index is 10.8. The molecule has 0 saturated carbocycles. The van der Waals surface area contributed by atoms with Crippen LogP contribution in [-0.2, 0) is 9.47 Å². The summed E-state index contributed by atoms with van der Waals surface area (Å²) in [5.74, 6) is 0. The summed E-state index contributed by atoms with van der Waals surface area (Å²) in [7, 11) is 0. The number of carbonyl (C=O) groups excluding carboxylic acids is 2. The van der Waals surface area contributed by atoms with Gasteiger partial charge in [0, 0.05) is 6.10 Å². The molecule has 0 aromatic rings. The van der Waals surface area contributed by atoms with E-state index in [4.69, 9.17) is 5.11 Å². The second kappa shape index (κ2) is 12.9. The van der Waals surface area contributed by atoms with Crippen molar-refractivity contribution in [3.05, 3.63) is 0 Å². The third kappa shape index (κ3) is 26.2. The number of aliphatic hydroxyl groups excluding tert-OH is 1. The van der Waals surface area contributed by atoms with E-state index >= 15 is 0 Å². The number of aliphatic hydroxyl groups is 1. The Morgan fingerprint density at radius 2 is 1.05 bits per heavy atom. The van der Waals surface area contributed by atoms with Crippen LogP contribution >= 0.6 is 0 Å². The number of rotatable bonds is 2. The van der Waals surface area contributed by atoms with Gasteiger partial charge in [-0.25, -0.2) is 9.59 Å². The molecule has 8 heteroatoms.